The minimum atomic E-state index is -1.03. The molecule has 0 saturated heterocycles. The molecule has 19 heavy (non-hydrogen) atoms. The first kappa shape index (κ1) is 11.7. The molecule has 0 bridgehead atoms. The number of halogens is 1. The standard InChI is InChI=1S/C15H11FO3/c16-12-3-1-2-9(7-12)11-6-10-4-5-19-14(10)13(8-11)15(17)18/h1-3,6-8H,4-5H2,(H,17,18). The second kappa shape index (κ2) is 4.39. The Morgan fingerprint density at radius 3 is 2.79 bits per heavy atom. The first-order valence-electron chi connectivity index (χ1n) is 5.94. The number of hydrogen-bond acceptors (Lipinski definition) is 2. The van der Waals surface area contributed by atoms with Crippen LogP contribution in [0.2, 0.25) is 0 Å². The molecule has 1 aliphatic heterocycles. The van der Waals surface area contributed by atoms with Crippen LogP contribution < -0.4 is 4.74 Å². The summed E-state index contributed by atoms with van der Waals surface area (Å²) in [6, 6.07) is 9.51. The second-order valence-electron chi connectivity index (χ2n) is 4.43. The van der Waals surface area contributed by atoms with Gasteiger partial charge >= 0.3 is 5.97 Å². The van der Waals surface area contributed by atoms with Gasteiger partial charge in [-0.2, -0.15) is 0 Å². The Bertz CT molecular complexity index is 664. The second-order valence-corrected chi connectivity index (χ2v) is 4.43. The van der Waals surface area contributed by atoms with Gasteiger partial charge < -0.3 is 9.84 Å². The van der Waals surface area contributed by atoms with E-state index in [9.17, 15) is 14.3 Å². The molecule has 3 rings (SSSR count). The highest BCUT2D eigenvalue weighted by molar-refractivity contribution is 5.93. The molecule has 2 aromatic rings. The van der Waals surface area contributed by atoms with Crippen LogP contribution in [0.3, 0.4) is 0 Å². The van der Waals surface area contributed by atoms with E-state index in [1.807, 2.05) is 6.07 Å². The fourth-order valence-corrected chi connectivity index (χ4v) is 2.30. The molecular formula is C15H11FO3. The molecule has 0 fully saturated rings. The molecule has 0 atom stereocenters. The Kier molecular flexibility index (Phi) is 2.71. The largest absolute Gasteiger partial charge is 0.492 e. The summed E-state index contributed by atoms with van der Waals surface area (Å²) in [5.74, 6) is -0.935. The number of rotatable bonds is 2. The van der Waals surface area contributed by atoms with Gasteiger partial charge in [0, 0.05) is 6.42 Å². The van der Waals surface area contributed by atoms with Crippen molar-refractivity contribution in [2.24, 2.45) is 0 Å². The quantitative estimate of drug-likeness (QED) is 0.900. The summed E-state index contributed by atoms with van der Waals surface area (Å²) in [5.41, 5.74) is 2.35. The van der Waals surface area contributed by atoms with Crippen molar-refractivity contribution in [3.8, 4) is 16.9 Å². The molecule has 0 spiro atoms. The SMILES string of the molecule is O=C(O)c1cc(-c2cccc(F)c2)cc2c1OCC2. The summed E-state index contributed by atoms with van der Waals surface area (Å²) >= 11 is 0. The van der Waals surface area contributed by atoms with Crippen LogP contribution in [0.25, 0.3) is 11.1 Å². The van der Waals surface area contributed by atoms with Crippen LogP contribution >= 0.6 is 0 Å². The van der Waals surface area contributed by atoms with Crippen LogP contribution in [0, 0.1) is 5.82 Å². The van der Waals surface area contributed by atoms with Crippen LogP contribution in [-0.4, -0.2) is 17.7 Å². The van der Waals surface area contributed by atoms with Crippen molar-refractivity contribution in [3.05, 3.63) is 53.3 Å². The van der Waals surface area contributed by atoms with E-state index >= 15 is 0 Å². The van der Waals surface area contributed by atoms with E-state index in [2.05, 4.69) is 0 Å². The topological polar surface area (TPSA) is 46.5 Å². The molecule has 0 radical (unpaired) electrons. The minimum absolute atomic E-state index is 0.134. The molecule has 0 unspecified atom stereocenters. The van der Waals surface area contributed by atoms with Gasteiger partial charge in [0.05, 0.1) is 6.61 Å². The van der Waals surface area contributed by atoms with Gasteiger partial charge in [0.15, 0.2) is 0 Å². The predicted octanol–water partition coefficient (Wildman–Crippen LogP) is 3.13. The smallest absolute Gasteiger partial charge is 0.339 e. The summed E-state index contributed by atoms with van der Waals surface area (Å²) in [5, 5.41) is 9.22. The van der Waals surface area contributed by atoms with Gasteiger partial charge in [-0.1, -0.05) is 12.1 Å². The number of fused-ring (bicyclic) bond motifs is 1. The van der Waals surface area contributed by atoms with E-state index in [0.717, 1.165) is 5.56 Å². The molecule has 1 heterocycles. The monoisotopic (exact) mass is 258 g/mol. The van der Waals surface area contributed by atoms with Crippen molar-refractivity contribution in [2.75, 3.05) is 6.61 Å². The van der Waals surface area contributed by atoms with Crippen LogP contribution in [0.1, 0.15) is 15.9 Å². The molecular weight excluding hydrogens is 247 g/mol. The predicted molar refractivity (Wildman–Crippen MR) is 68.0 cm³/mol. The van der Waals surface area contributed by atoms with Crippen molar-refractivity contribution in [1.82, 2.24) is 0 Å². The maximum absolute atomic E-state index is 13.2. The number of hydrogen-bond donors (Lipinski definition) is 1. The summed E-state index contributed by atoms with van der Waals surface area (Å²) < 4.78 is 18.6. The molecule has 0 aliphatic carbocycles. The summed E-state index contributed by atoms with van der Waals surface area (Å²) in [6.45, 7) is 0.488. The maximum Gasteiger partial charge on any atom is 0.339 e. The van der Waals surface area contributed by atoms with E-state index in [4.69, 9.17) is 4.74 Å². The van der Waals surface area contributed by atoms with Gasteiger partial charge in [-0.3, -0.25) is 0 Å². The van der Waals surface area contributed by atoms with E-state index in [1.165, 1.54) is 18.2 Å². The number of ether oxygens (including phenoxy) is 1. The fraction of sp³-hybridized carbons (Fsp3) is 0.133. The van der Waals surface area contributed by atoms with E-state index in [1.54, 1.807) is 12.1 Å². The van der Waals surface area contributed by atoms with Crippen LogP contribution in [-0.2, 0) is 6.42 Å². The average molecular weight is 258 g/mol. The molecule has 0 aromatic heterocycles. The van der Waals surface area contributed by atoms with Crippen molar-refractivity contribution in [1.29, 1.82) is 0 Å². The molecule has 96 valence electrons. The zero-order valence-electron chi connectivity index (χ0n) is 10.0. The Labute approximate surface area is 109 Å². The highest BCUT2D eigenvalue weighted by Crippen LogP contribution is 2.34. The highest BCUT2D eigenvalue weighted by Gasteiger charge is 2.22. The Hall–Kier alpha value is -2.36. The number of carboxylic acid groups (broad SMARTS) is 1. The third-order valence-electron chi connectivity index (χ3n) is 3.17. The zero-order chi connectivity index (χ0) is 13.4. The molecule has 0 amide bonds. The lowest BCUT2D eigenvalue weighted by molar-refractivity contribution is 0.0693. The Morgan fingerprint density at radius 1 is 1.21 bits per heavy atom. The van der Waals surface area contributed by atoms with Crippen LogP contribution in [0.5, 0.6) is 5.75 Å². The average Bonchev–Trinajstić information content (AvgIpc) is 2.85. The molecule has 4 heteroatoms. The number of carbonyl (C=O) groups is 1. The fourth-order valence-electron chi connectivity index (χ4n) is 2.30. The summed E-state index contributed by atoms with van der Waals surface area (Å²) in [6.07, 6.45) is 0.679. The lowest BCUT2D eigenvalue weighted by Gasteiger charge is -2.08. The number of benzene rings is 2. The van der Waals surface area contributed by atoms with E-state index < -0.39 is 5.97 Å². The lowest BCUT2D eigenvalue weighted by atomic mass is 9.98. The molecule has 2 aromatic carbocycles. The van der Waals surface area contributed by atoms with Crippen molar-refractivity contribution < 1.29 is 19.0 Å². The van der Waals surface area contributed by atoms with Crippen LogP contribution in [0.15, 0.2) is 36.4 Å². The van der Waals surface area contributed by atoms with Gasteiger partial charge in [0.25, 0.3) is 0 Å². The zero-order valence-corrected chi connectivity index (χ0v) is 10.0. The van der Waals surface area contributed by atoms with Gasteiger partial charge in [-0.05, 0) is 41.0 Å². The van der Waals surface area contributed by atoms with Crippen molar-refractivity contribution in [3.63, 3.8) is 0 Å². The molecule has 1 N–H and O–H groups in total. The minimum Gasteiger partial charge on any atom is -0.492 e. The van der Waals surface area contributed by atoms with Gasteiger partial charge in [-0.25, -0.2) is 9.18 Å². The first-order valence-corrected chi connectivity index (χ1v) is 5.94. The third-order valence-corrected chi connectivity index (χ3v) is 3.17. The van der Waals surface area contributed by atoms with E-state index in [0.29, 0.717) is 29.9 Å². The van der Waals surface area contributed by atoms with Gasteiger partial charge in [0.2, 0.25) is 0 Å². The van der Waals surface area contributed by atoms with Crippen molar-refractivity contribution >= 4 is 5.97 Å². The summed E-state index contributed by atoms with van der Waals surface area (Å²) in [7, 11) is 0. The molecule has 0 saturated carbocycles. The highest BCUT2D eigenvalue weighted by atomic mass is 19.1. The third kappa shape index (κ3) is 2.05. The molecule has 1 aliphatic rings. The van der Waals surface area contributed by atoms with Crippen molar-refractivity contribution in [2.45, 2.75) is 6.42 Å². The normalized spacial score (nSPS) is 12.9. The Morgan fingerprint density at radius 2 is 2.05 bits per heavy atom. The number of aromatic carboxylic acids is 1. The van der Waals surface area contributed by atoms with Crippen LogP contribution in [0.4, 0.5) is 4.39 Å². The Balaban J connectivity index is 2.18. The maximum atomic E-state index is 13.2. The lowest BCUT2D eigenvalue weighted by Crippen LogP contribution is -2.00. The number of carboxylic acids is 1. The first-order chi connectivity index (χ1) is 9.15. The van der Waals surface area contributed by atoms with Gasteiger partial charge in [0.1, 0.15) is 17.1 Å². The molecule has 3 nitrogen and oxygen atoms in total. The summed E-state index contributed by atoms with van der Waals surface area (Å²) in [4.78, 5) is 11.3. The van der Waals surface area contributed by atoms with Gasteiger partial charge in [-0.15, -0.1) is 0 Å². The van der Waals surface area contributed by atoms with E-state index in [-0.39, 0.29) is 11.4 Å².